The average Bonchev–Trinajstić information content (AvgIpc) is 2.26. The van der Waals surface area contributed by atoms with E-state index in [4.69, 9.17) is 14.6 Å². The van der Waals surface area contributed by atoms with Crippen LogP contribution in [0.2, 0.25) is 0 Å². The number of ether oxygens (including phenoxy) is 2. The van der Waals surface area contributed by atoms with E-state index in [9.17, 15) is 0 Å². The number of piperidine rings is 1. The Labute approximate surface area is 85.8 Å². The summed E-state index contributed by atoms with van der Waals surface area (Å²) in [5.41, 5.74) is 0. The first-order chi connectivity index (χ1) is 6.80. The molecule has 0 unspecified atom stereocenters. The Bertz CT molecular complexity index is 142. The molecule has 1 saturated heterocycles. The fraction of sp³-hybridized carbons (Fsp3) is 1.00. The second kappa shape index (κ2) is 6.35. The molecule has 4 nitrogen and oxygen atoms in total. The molecule has 1 fully saturated rings. The van der Waals surface area contributed by atoms with E-state index in [0.29, 0.717) is 12.5 Å². The molecular weight excluding hydrogens is 182 g/mol. The number of aliphatic hydroxyl groups excluding tert-OH is 1. The van der Waals surface area contributed by atoms with E-state index in [0.717, 1.165) is 32.5 Å². The molecule has 0 spiro atoms. The van der Waals surface area contributed by atoms with Crippen molar-refractivity contribution in [3.8, 4) is 0 Å². The number of aliphatic hydroxyl groups is 1. The molecule has 0 aliphatic carbocycles. The Morgan fingerprint density at radius 3 is 2.29 bits per heavy atom. The van der Waals surface area contributed by atoms with Crippen LogP contribution < -0.4 is 0 Å². The second-order valence-electron chi connectivity index (χ2n) is 3.83. The summed E-state index contributed by atoms with van der Waals surface area (Å²) in [6, 6.07) is 0. The lowest BCUT2D eigenvalue weighted by atomic mass is 9.98. The molecule has 1 aliphatic heterocycles. The summed E-state index contributed by atoms with van der Waals surface area (Å²) in [6.45, 7) is 3.22. The minimum atomic E-state index is -0.124. The van der Waals surface area contributed by atoms with Gasteiger partial charge < -0.3 is 14.6 Å². The fourth-order valence-electron chi connectivity index (χ4n) is 1.81. The van der Waals surface area contributed by atoms with Crippen molar-refractivity contribution in [1.82, 2.24) is 4.90 Å². The minimum absolute atomic E-state index is 0.124. The molecule has 0 radical (unpaired) electrons. The van der Waals surface area contributed by atoms with Crippen LogP contribution in [0.25, 0.3) is 0 Å². The fourth-order valence-corrected chi connectivity index (χ4v) is 1.81. The molecule has 0 amide bonds. The molecule has 1 rings (SSSR count). The van der Waals surface area contributed by atoms with Crippen molar-refractivity contribution in [2.24, 2.45) is 5.92 Å². The number of methoxy groups -OCH3 is 2. The summed E-state index contributed by atoms with van der Waals surface area (Å²) in [5, 5.41) is 8.98. The SMILES string of the molecule is COC(CN1CCC(CO)CC1)OC. The maximum absolute atomic E-state index is 8.98. The number of hydrogen-bond acceptors (Lipinski definition) is 4. The molecule has 0 atom stereocenters. The van der Waals surface area contributed by atoms with Gasteiger partial charge in [0.15, 0.2) is 6.29 Å². The van der Waals surface area contributed by atoms with Crippen molar-refractivity contribution >= 4 is 0 Å². The van der Waals surface area contributed by atoms with Gasteiger partial charge in [-0.2, -0.15) is 0 Å². The van der Waals surface area contributed by atoms with Crippen LogP contribution in [0.3, 0.4) is 0 Å². The first-order valence-corrected chi connectivity index (χ1v) is 5.19. The molecule has 0 aromatic carbocycles. The first-order valence-electron chi connectivity index (χ1n) is 5.19. The predicted molar refractivity (Wildman–Crippen MR) is 54.1 cm³/mol. The van der Waals surface area contributed by atoms with E-state index in [1.165, 1.54) is 0 Å². The van der Waals surface area contributed by atoms with Crippen molar-refractivity contribution in [1.29, 1.82) is 0 Å². The normalized spacial score (nSPS) is 20.6. The summed E-state index contributed by atoms with van der Waals surface area (Å²) < 4.78 is 10.3. The third-order valence-electron chi connectivity index (χ3n) is 2.90. The zero-order valence-corrected chi connectivity index (χ0v) is 9.11. The van der Waals surface area contributed by atoms with Crippen LogP contribution in [0.15, 0.2) is 0 Å². The predicted octanol–water partition coefficient (Wildman–Crippen LogP) is 0.310. The third kappa shape index (κ3) is 3.53. The van der Waals surface area contributed by atoms with E-state index in [1.807, 2.05) is 0 Å². The Hall–Kier alpha value is -0.160. The maximum Gasteiger partial charge on any atom is 0.169 e. The van der Waals surface area contributed by atoms with Gasteiger partial charge in [0.25, 0.3) is 0 Å². The van der Waals surface area contributed by atoms with Crippen LogP contribution in [0.4, 0.5) is 0 Å². The second-order valence-corrected chi connectivity index (χ2v) is 3.83. The minimum Gasteiger partial charge on any atom is -0.396 e. The van der Waals surface area contributed by atoms with Crippen LogP contribution in [-0.4, -0.2) is 56.8 Å². The quantitative estimate of drug-likeness (QED) is 0.653. The Balaban J connectivity index is 2.21. The molecule has 0 bridgehead atoms. The topological polar surface area (TPSA) is 41.9 Å². The van der Waals surface area contributed by atoms with Gasteiger partial charge in [0.2, 0.25) is 0 Å². The van der Waals surface area contributed by atoms with Crippen molar-refractivity contribution in [3.63, 3.8) is 0 Å². The molecule has 0 saturated carbocycles. The van der Waals surface area contributed by atoms with Gasteiger partial charge in [-0.15, -0.1) is 0 Å². The smallest absolute Gasteiger partial charge is 0.169 e. The van der Waals surface area contributed by atoms with Crippen molar-refractivity contribution < 1.29 is 14.6 Å². The zero-order chi connectivity index (χ0) is 10.4. The molecule has 1 heterocycles. The first kappa shape index (κ1) is 11.9. The van der Waals surface area contributed by atoms with Gasteiger partial charge in [0.1, 0.15) is 0 Å². The van der Waals surface area contributed by atoms with Gasteiger partial charge >= 0.3 is 0 Å². The van der Waals surface area contributed by atoms with Gasteiger partial charge in [-0.05, 0) is 31.8 Å². The van der Waals surface area contributed by atoms with Gasteiger partial charge in [-0.25, -0.2) is 0 Å². The van der Waals surface area contributed by atoms with Gasteiger partial charge in [-0.1, -0.05) is 0 Å². The van der Waals surface area contributed by atoms with E-state index in [2.05, 4.69) is 4.90 Å². The number of rotatable bonds is 5. The van der Waals surface area contributed by atoms with E-state index >= 15 is 0 Å². The van der Waals surface area contributed by atoms with E-state index in [-0.39, 0.29) is 6.29 Å². The standard InChI is InChI=1S/C10H21NO3/c1-13-10(14-2)7-11-5-3-9(8-12)4-6-11/h9-10,12H,3-8H2,1-2H3. The van der Waals surface area contributed by atoms with Gasteiger partial charge in [-0.3, -0.25) is 4.90 Å². The van der Waals surface area contributed by atoms with Crippen LogP contribution >= 0.6 is 0 Å². The molecule has 0 aromatic rings. The van der Waals surface area contributed by atoms with Crippen molar-refractivity contribution in [2.45, 2.75) is 19.1 Å². The number of hydrogen-bond donors (Lipinski definition) is 1. The highest BCUT2D eigenvalue weighted by atomic mass is 16.7. The lowest BCUT2D eigenvalue weighted by Crippen LogP contribution is -2.40. The number of likely N-dealkylation sites (tertiary alicyclic amines) is 1. The maximum atomic E-state index is 8.98. The molecule has 4 heteroatoms. The Morgan fingerprint density at radius 2 is 1.86 bits per heavy atom. The van der Waals surface area contributed by atoms with E-state index in [1.54, 1.807) is 14.2 Å². The lowest BCUT2D eigenvalue weighted by molar-refractivity contribution is -0.119. The molecular formula is C10H21NO3. The summed E-state index contributed by atoms with van der Waals surface area (Å²) in [4.78, 5) is 2.32. The van der Waals surface area contributed by atoms with E-state index < -0.39 is 0 Å². The number of nitrogens with zero attached hydrogens (tertiary/aromatic N) is 1. The largest absolute Gasteiger partial charge is 0.396 e. The summed E-state index contributed by atoms with van der Waals surface area (Å²) in [5.74, 6) is 0.495. The van der Waals surface area contributed by atoms with Gasteiger partial charge in [0.05, 0.1) is 0 Å². The summed E-state index contributed by atoms with van der Waals surface area (Å²) >= 11 is 0. The molecule has 14 heavy (non-hydrogen) atoms. The zero-order valence-electron chi connectivity index (χ0n) is 9.11. The third-order valence-corrected chi connectivity index (χ3v) is 2.90. The monoisotopic (exact) mass is 203 g/mol. The Kier molecular flexibility index (Phi) is 5.40. The van der Waals surface area contributed by atoms with Crippen molar-refractivity contribution in [2.75, 3.05) is 40.5 Å². The summed E-state index contributed by atoms with van der Waals surface area (Å²) in [6.07, 6.45) is 2.04. The molecule has 84 valence electrons. The summed E-state index contributed by atoms with van der Waals surface area (Å²) in [7, 11) is 3.32. The van der Waals surface area contributed by atoms with Gasteiger partial charge in [0, 0.05) is 27.4 Å². The highest BCUT2D eigenvalue weighted by Crippen LogP contribution is 2.16. The molecule has 1 N–H and O–H groups in total. The molecule has 0 aromatic heterocycles. The highest BCUT2D eigenvalue weighted by molar-refractivity contribution is 4.72. The van der Waals surface area contributed by atoms with Crippen LogP contribution in [0.5, 0.6) is 0 Å². The average molecular weight is 203 g/mol. The van der Waals surface area contributed by atoms with Crippen LogP contribution in [0, 0.1) is 5.92 Å². The Morgan fingerprint density at radius 1 is 1.29 bits per heavy atom. The molecule has 1 aliphatic rings. The lowest BCUT2D eigenvalue weighted by Gasteiger charge is -2.32. The van der Waals surface area contributed by atoms with Crippen molar-refractivity contribution in [3.05, 3.63) is 0 Å². The highest BCUT2D eigenvalue weighted by Gasteiger charge is 2.20. The van der Waals surface area contributed by atoms with Crippen LogP contribution in [0.1, 0.15) is 12.8 Å². The van der Waals surface area contributed by atoms with Crippen LogP contribution in [-0.2, 0) is 9.47 Å².